The molecule has 4 nitrogen and oxygen atoms in total. The van der Waals surface area contributed by atoms with Crippen LogP contribution < -0.4 is 5.32 Å². The molecule has 0 bridgehead atoms. The van der Waals surface area contributed by atoms with Gasteiger partial charge < -0.3 is 9.15 Å². The van der Waals surface area contributed by atoms with Gasteiger partial charge in [-0.05, 0) is 57.2 Å². The minimum Gasteiger partial charge on any atom is -0.463 e. The highest BCUT2D eigenvalue weighted by molar-refractivity contribution is 14.1. The van der Waals surface area contributed by atoms with Gasteiger partial charge in [0.25, 0.3) is 0 Å². The third-order valence-electron chi connectivity index (χ3n) is 1.81. The average molecular weight is 337 g/mol. The molecule has 0 radical (unpaired) electrons. The SMILES string of the molecule is Cc1oc(C)c(NC(=O)OC(C)(C)C)c1I. The summed E-state index contributed by atoms with van der Waals surface area (Å²) in [4.78, 5) is 11.6. The normalized spacial score (nSPS) is 11.4. The summed E-state index contributed by atoms with van der Waals surface area (Å²) >= 11 is 2.13. The lowest BCUT2D eigenvalue weighted by molar-refractivity contribution is 0.0635. The molecule has 0 saturated heterocycles. The first-order valence-corrected chi connectivity index (χ1v) is 6.04. The van der Waals surface area contributed by atoms with Crippen molar-refractivity contribution in [2.24, 2.45) is 0 Å². The number of carbonyl (C=O) groups excluding carboxylic acids is 1. The van der Waals surface area contributed by atoms with Gasteiger partial charge in [-0.1, -0.05) is 0 Å². The summed E-state index contributed by atoms with van der Waals surface area (Å²) in [5.41, 5.74) is 0.190. The van der Waals surface area contributed by atoms with Gasteiger partial charge >= 0.3 is 6.09 Å². The van der Waals surface area contributed by atoms with Crippen molar-refractivity contribution in [3.05, 3.63) is 15.1 Å². The van der Waals surface area contributed by atoms with E-state index in [0.29, 0.717) is 11.4 Å². The van der Waals surface area contributed by atoms with Crippen LogP contribution in [0.3, 0.4) is 0 Å². The van der Waals surface area contributed by atoms with Crippen molar-refractivity contribution in [2.75, 3.05) is 5.32 Å². The summed E-state index contributed by atoms with van der Waals surface area (Å²) in [6, 6.07) is 0. The van der Waals surface area contributed by atoms with Crippen molar-refractivity contribution >= 4 is 34.4 Å². The second kappa shape index (κ2) is 4.65. The highest BCUT2D eigenvalue weighted by Crippen LogP contribution is 2.28. The molecule has 0 spiro atoms. The van der Waals surface area contributed by atoms with Crippen LogP contribution in [0.4, 0.5) is 10.5 Å². The number of rotatable bonds is 1. The summed E-state index contributed by atoms with van der Waals surface area (Å²) in [6.45, 7) is 9.14. The molecular weight excluding hydrogens is 321 g/mol. The number of anilines is 1. The molecule has 0 fully saturated rings. The fourth-order valence-corrected chi connectivity index (χ4v) is 1.83. The summed E-state index contributed by atoms with van der Waals surface area (Å²) < 4.78 is 11.5. The molecule has 0 unspecified atom stereocenters. The zero-order chi connectivity index (χ0) is 12.5. The zero-order valence-corrected chi connectivity index (χ0v) is 12.3. The topological polar surface area (TPSA) is 51.5 Å². The molecule has 0 atom stereocenters. The van der Waals surface area contributed by atoms with Gasteiger partial charge in [-0.15, -0.1) is 0 Å². The molecule has 1 aromatic rings. The van der Waals surface area contributed by atoms with Crippen molar-refractivity contribution in [3.8, 4) is 0 Å². The van der Waals surface area contributed by atoms with E-state index in [9.17, 15) is 4.79 Å². The van der Waals surface area contributed by atoms with Crippen molar-refractivity contribution < 1.29 is 13.9 Å². The molecule has 0 aliphatic carbocycles. The van der Waals surface area contributed by atoms with Crippen LogP contribution in [0.2, 0.25) is 0 Å². The third-order valence-corrected chi connectivity index (χ3v) is 3.11. The Kier molecular flexibility index (Phi) is 3.88. The molecule has 1 amide bonds. The van der Waals surface area contributed by atoms with E-state index in [1.165, 1.54) is 0 Å². The van der Waals surface area contributed by atoms with Gasteiger partial charge in [0.05, 0.1) is 9.26 Å². The third kappa shape index (κ3) is 3.40. The average Bonchev–Trinajstić information content (AvgIpc) is 2.29. The van der Waals surface area contributed by atoms with Gasteiger partial charge in [-0.25, -0.2) is 4.79 Å². The standard InChI is InChI=1S/C11H16INO3/c1-6-8(12)9(7(2)15-6)13-10(14)16-11(3,4)5/h1-5H3,(H,13,14). The van der Waals surface area contributed by atoms with E-state index in [-0.39, 0.29) is 0 Å². The number of furan rings is 1. The number of hydrogen-bond donors (Lipinski definition) is 1. The van der Waals surface area contributed by atoms with Crippen molar-refractivity contribution in [1.29, 1.82) is 0 Å². The fourth-order valence-electron chi connectivity index (χ4n) is 1.20. The van der Waals surface area contributed by atoms with Crippen LogP contribution in [0, 0.1) is 17.4 Å². The number of aryl methyl sites for hydroxylation is 2. The van der Waals surface area contributed by atoms with Crippen LogP contribution in [0.25, 0.3) is 0 Å². The highest BCUT2D eigenvalue weighted by Gasteiger charge is 2.20. The number of carbonyl (C=O) groups is 1. The molecule has 1 aromatic heterocycles. The first-order valence-electron chi connectivity index (χ1n) is 4.96. The minimum absolute atomic E-state index is 0.464. The number of amides is 1. The molecule has 1 rings (SSSR count). The summed E-state index contributed by atoms with van der Waals surface area (Å²) in [5.74, 6) is 1.48. The Balaban J connectivity index is 2.78. The van der Waals surface area contributed by atoms with Crippen LogP contribution in [-0.2, 0) is 4.74 Å². The monoisotopic (exact) mass is 337 g/mol. The highest BCUT2D eigenvalue weighted by atomic mass is 127. The molecule has 16 heavy (non-hydrogen) atoms. The molecule has 0 saturated carbocycles. The molecule has 0 aromatic carbocycles. The van der Waals surface area contributed by atoms with Crippen LogP contribution in [0.15, 0.2) is 4.42 Å². The van der Waals surface area contributed by atoms with Crippen LogP contribution >= 0.6 is 22.6 Å². The molecule has 5 heteroatoms. The lowest BCUT2D eigenvalue weighted by Gasteiger charge is -2.19. The number of ether oxygens (including phenoxy) is 1. The Labute approximate surface area is 109 Å². The van der Waals surface area contributed by atoms with E-state index in [2.05, 4.69) is 27.9 Å². The van der Waals surface area contributed by atoms with Crippen molar-refractivity contribution in [2.45, 2.75) is 40.2 Å². The van der Waals surface area contributed by atoms with Crippen LogP contribution in [-0.4, -0.2) is 11.7 Å². The Morgan fingerprint density at radius 1 is 1.31 bits per heavy atom. The molecular formula is C11H16INO3. The van der Waals surface area contributed by atoms with E-state index in [0.717, 1.165) is 9.33 Å². The van der Waals surface area contributed by atoms with E-state index in [4.69, 9.17) is 9.15 Å². The Bertz CT molecular complexity index is 404. The Morgan fingerprint density at radius 3 is 2.25 bits per heavy atom. The fraction of sp³-hybridized carbons (Fsp3) is 0.545. The maximum Gasteiger partial charge on any atom is 0.412 e. The molecule has 0 aliphatic rings. The largest absolute Gasteiger partial charge is 0.463 e. The first-order chi connectivity index (χ1) is 7.20. The summed E-state index contributed by atoms with van der Waals surface area (Å²) in [5, 5.41) is 2.69. The van der Waals surface area contributed by atoms with Gasteiger partial charge in [0.15, 0.2) is 0 Å². The maximum absolute atomic E-state index is 11.6. The first kappa shape index (κ1) is 13.3. The molecule has 90 valence electrons. The number of hydrogen-bond acceptors (Lipinski definition) is 3. The van der Waals surface area contributed by atoms with Crippen LogP contribution in [0.5, 0.6) is 0 Å². The number of nitrogens with one attached hydrogen (secondary N) is 1. The van der Waals surface area contributed by atoms with Gasteiger partial charge in [0.2, 0.25) is 0 Å². The minimum atomic E-state index is -0.498. The van der Waals surface area contributed by atoms with Crippen molar-refractivity contribution in [1.82, 2.24) is 0 Å². The zero-order valence-electron chi connectivity index (χ0n) is 10.1. The quantitative estimate of drug-likeness (QED) is 0.792. The van der Waals surface area contributed by atoms with Crippen LogP contribution in [0.1, 0.15) is 32.3 Å². The molecule has 1 heterocycles. The predicted molar refractivity (Wildman–Crippen MR) is 70.8 cm³/mol. The lowest BCUT2D eigenvalue weighted by Crippen LogP contribution is -2.27. The van der Waals surface area contributed by atoms with Gasteiger partial charge in [-0.3, -0.25) is 5.32 Å². The van der Waals surface area contributed by atoms with E-state index >= 15 is 0 Å². The van der Waals surface area contributed by atoms with Gasteiger partial charge in [-0.2, -0.15) is 0 Å². The summed E-state index contributed by atoms with van der Waals surface area (Å²) in [7, 11) is 0. The number of halogens is 1. The Hall–Kier alpha value is -0.720. The van der Waals surface area contributed by atoms with Gasteiger partial charge in [0, 0.05) is 0 Å². The maximum atomic E-state index is 11.6. The van der Waals surface area contributed by atoms with Crippen molar-refractivity contribution in [3.63, 3.8) is 0 Å². The smallest absolute Gasteiger partial charge is 0.412 e. The van der Waals surface area contributed by atoms with E-state index in [1.54, 1.807) is 0 Å². The van der Waals surface area contributed by atoms with Gasteiger partial charge in [0.1, 0.15) is 17.1 Å². The second-order valence-electron chi connectivity index (χ2n) is 4.53. The van der Waals surface area contributed by atoms with E-state index < -0.39 is 11.7 Å². The lowest BCUT2D eigenvalue weighted by atomic mass is 10.2. The Morgan fingerprint density at radius 2 is 1.88 bits per heavy atom. The molecule has 1 N–H and O–H groups in total. The van der Waals surface area contributed by atoms with E-state index in [1.807, 2.05) is 34.6 Å². The summed E-state index contributed by atoms with van der Waals surface area (Å²) in [6.07, 6.45) is -0.464. The predicted octanol–water partition coefficient (Wildman–Crippen LogP) is 3.85. The molecule has 0 aliphatic heterocycles. The second-order valence-corrected chi connectivity index (χ2v) is 5.61.